The van der Waals surface area contributed by atoms with Crippen LogP contribution in [-0.2, 0) is 0 Å². The smallest absolute Gasteiger partial charge is 0.0217 e. The summed E-state index contributed by atoms with van der Waals surface area (Å²) >= 11 is 0. The van der Waals surface area contributed by atoms with E-state index < -0.39 is 0 Å². The summed E-state index contributed by atoms with van der Waals surface area (Å²) in [6.45, 7) is 14.9. The largest absolute Gasteiger partial charge is 0.326 e. The van der Waals surface area contributed by atoms with Gasteiger partial charge >= 0.3 is 0 Å². The number of likely N-dealkylation sites (tertiary alicyclic amines) is 1. The van der Waals surface area contributed by atoms with Crippen molar-refractivity contribution in [3.05, 3.63) is 0 Å². The average Bonchev–Trinajstić information content (AvgIpc) is 2.29. The zero-order valence-corrected chi connectivity index (χ0v) is 10.4. The van der Waals surface area contributed by atoms with Crippen molar-refractivity contribution in [3.63, 3.8) is 0 Å². The third-order valence-electron chi connectivity index (χ3n) is 3.63. The molecular formula is C12H26N2. The molecule has 1 fully saturated rings. The lowest BCUT2D eigenvalue weighted by molar-refractivity contribution is 0.221. The molecule has 0 aromatic carbocycles. The van der Waals surface area contributed by atoms with Gasteiger partial charge < -0.3 is 10.6 Å². The highest BCUT2D eigenvalue weighted by Gasteiger charge is 2.29. The van der Waals surface area contributed by atoms with Gasteiger partial charge in [-0.2, -0.15) is 0 Å². The predicted octanol–water partition coefficient (Wildman–Crippen LogP) is 1.95. The summed E-state index contributed by atoms with van der Waals surface area (Å²) in [4.78, 5) is 2.52. The number of rotatable bonds is 2. The molecule has 2 nitrogen and oxygen atoms in total. The molecule has 0 aliphatic carbocycles. The summed E-state index contributed by atoms with van der Waals surface area (Å²) in [5.74, 6) is 1.67. The van der Waals surface area contributed by atoms with Crippen LogP contribution in [0.4, 0.5) is 0 Å². The Bertz CT molecular complexity index is 173. The second-order valence-corrected chi connectivity index (χ2v) is 6.15. The van der Waals surface area contributed by atoms with Crippen molar-refractivity contribution in [3.8, 4) is 0 Å². The molecule has 0 saturated carbocycles. The normalized spacial score (nSPS) is 32.1. The van der Waals surface area contributed by atoms with Gasteiger partial charge in [-0.05, 0) is 17.3 Å². The minimum absolute atomic E-state index is 0.231. The van der Waals surface area contributed by atoms with Gasteiger partial charge in [0.15, 0.2) is 0 Å². The van der Waals surface area contributed by atoms with E-state index in [0.29, 0.717) is 6.04 Å². The molecule has 1 aliphatic rings. The zero-order valence-electron chi connectivity index (χ0n) is 10.4. The molecule has 3 unspecified atom stereocenters. The first kappa shape index (κ1) is 12.0. The molecule has 0 aromatic rings. The Labute approximate surface area is 88.8 Å². The maximum Gasteiger partial charge on any atom is 0.0217 e. The van der Waals surface area contributed by atoms with Gasteiger partial charge in [-0.3, -0.25) is 0 Å². The van der Waals surface area contributed by atoms with E-state index in [1.165, 1.54) is 13.1 Å². The summed E-state index contributed by atoms with van der Waals surface area (Å²) in [7, 11) is 0. The van der Waals surface area contributed by atoms with Crippen LogP contribution in [0.5, 0.6) is 0 Å². The maximum atomic E-state index is 6.18. The molecule has 2 N–H and O–H groups in total. The number of nitrogens with zero attached hydrogens (tertiary/aromatic N) is 1. The molecule has 0 spiro atoms. The van der Waals surface area contributed by atoms with Crippen molar-refractivity contribution in [1.29, 1.82) is 0 Å². The SMILES string of the molecule is CC1CN(CC(N)C(C)(C)C)CC1C. The van der Waals surface area contributed by atoms with E-state index in [4.69, 9.17) is 5.73 Å². The van der Waals surface area contributed by atoms with E-state index >= 15 is 0 Å². The lowest BCUT2D eigenvalue weighted by Crippen LogP contribution is -2.44. The fourth-order valence-corrected chi connectivity index (χ4v) is 1.95. The average molecular weight is 198 g/mol. The molecule has 1 saturated heterocycles. The molecule has 2 heteroatoms. The van der Waals surface area contributed by atoms with Crippen molar-refractivity contribution in [2.45, 2.75) is 40.7 Å². The van der Waals surface area contributed by atoms with E-state index in [-0.39, 0.29) is 5.41 Å². The first-order chi connectivity index (χ1) is 6.30. The second kappa shape index (κ2) is 4.19. The van der Waals surface area contributed by atoms with Crippen LogP contribution in [0.15, 0.2) is 0 Å². The first-order valence-electron chi connectivity index (χ1n) is 5.78. The third-order valence-corrected chi connectivity index (χ3v) is 3.63. The highest BCUT2D eigenvalue weighted by molar-refractivity contribution is 4.85. The number of nitrogens with two attached hydrogens (primary N) is 1. The minimum Gasteiger partial charge on any atom is -0.326 e. The number of hydrogen-bond acceptors (Lipinski definition) is 2. The quantitative estimate of drug-likeness (QED) is 0.735. The van der Waals surface area contributed by atoms with Gasteiger partial charge in [0.2, 0.25) is 0 Å². The summed E-state index contributed by atoms with van der Waals surface area (Å²) in [6, 6.07) is 0.292. The molecule has 0 amide bonds. The first-order valence-corrected chi connectivity index (χ1v) is 5.78. The Morgan fingerprint density at radius 3 is 2.00 bits per heavy atom. The number of hydrogen-bond donors (Lipinski definition) is 1. The molecule has 1 heterocycles. The van der Waals surface area contributed by atoms with E-state index in [2.05, 4.69) is 39.5 Å². The molecular weight excluding hydrogens is 172 g/mol. The van der Waals surface area contributed by atoms with Crippen molar-refractivity contribution in [1.82, 2.24) is 4.90 Å². The molecule has 1 rings (SSSR count). The van der Waals surface area contributed by atoms with Crippen molar-refractivity contribution < 1.29 is 0 Å². The van der Waals surface area contributed by atoms with Crippen LogP contribution in [0, 0.1) is 17.3 Å². The highest BCUT2D eigenvalue weighted by Crippen LogP contribution is 2.24. The summed E-state index contributed by atoms with van der Waals surface area (Å²) in [5.41, 5.74) is 6.41. The van der Waals surface area contributed by atoms with Crippen LogP contribution in [0.2, 0.25) is 0 Å². The Morgan fingerprint density at radius 2 is 1.64 bits per heavy atom. The fourth-order valence-electron chi connectivity index (χ4n) is 1.95. The van der Waals surface area contributed by atoms with Crippen LogP contribution in [0.3, 0.4) is 0 Å². The second-order valence-electron chi connectivity index (χ2n) is 6.15. The Hall–Kier alpha value is -0.0800. The van der Waals surface area contributed by atoms with Crippen LogP contribution in [0.25, 0.3) is 0 Å². The molecule has 84 valence electrons. The molecule has 0 radical (unpaired) electrons. The van der Waals surface area contributed by atoms with Gasteiger partial charge in [0.1, 0.15) is 0 Å². The lowest BCUT2D eigenvalue weighted by Gasteiger charge is -2.30. The van der Waals surface area contributed by atoms with Gasteiger partial charge in [-0.25, -0.2) is 0 Å². The molecule has 1 aliphatic heterocycles. The molecule has 3 atom stereocenters. The minimum atomic E-state index is 0.231. The van der Waals surface area contributed by atoms with Gasteiger partial charge in [0.25, 0.3) is 0 Å². The summed E-state index contributed by atoms with van der Waals surface area (Å²) in [6.07, 6.45) is 0. The van der Waals surface area contributed by atoms with Crippen molar-refractivity contribution in [2.75, 3.05) is 19.6 Å². The standard InChI is InChI=1S/C12H26N2/c1-9-6-14(7-10(9)2)8-11(13)12(3,4)5/h9-11H,6-8,13H2,1-5H3. The molecule has 0 aromatic heterocycles. The maximum absolute atomic E-state index is 6.18. The van der Waals surface area contributed by atoms with Gasteiger partial charge in [0, 0.05) is 25.7 Å². The summed E-state index contributed by atoms with van der Waals surface area (Å²) in [5, 5.41) is 0. The summed E-state index contributed by atoms with van der Waals surface area (Å²) < 4.78 is 0. The fraction of sp³-hybridized carbons (Fsp3) is 1.00. The van der Waals surface area contributed by atoms with E-state index in [1.54, 1.807) is 0 Å². The van der Waals surface area contributed by atoms with E-state index in [1.807, 2.05) is 0 Å². The van der Waals surface area contributed by atoms with Crippen LogP contribution in [0.1, 0.15) is 34.6 Å². The van der Waals surface area contributed by atoms with Crippen LogP contribution >= 0.6 is 0 Å². The Balaban J connectivity index is 2.40. The van der Waals surface area contributed by atoms with Crippen molar-refractivity contribution >= 4 is 0 Å². The van der Waals surface area contributed by atoms with Crippen LogP contribution < -0.4 is 5.73 Å². The van der Waals surface area contributed by atoms with Gasteiger partial charge in [-0.15, -0.1) is 0 Å². The van der Waals surface area contributed by atoms with Gasteiger partial charge in [-0.1, -0.05) is 34.6 Å². The lowest BCUT2D eigenvalue weighted by atomic mass is 9.87. The van der Waals surface area contributed by atoms with Crippen LogP contribution in [-0.4, -0.2) is 30.6 Å². The van der Waals surface area contributed by atoms with Crippen molar-refractivity contribution in [2.24, 2.45) is 23.0 Å². The zero-order chi connectivity index (χ0) is 10.9. The third kappa shape index (κ3) is 2.96. The topological polar surface area (TPSA) is 29.3 Å². The highest BCUT2D eigenvalue weighted by atomic mass is 15.2. The van der Waals surface area contributed by atoms with Gasteiger partial charge in [0.05, 0.1) is 0 Å². The Morgan fingerprint density at radius 1 is 1.21 bits per heavy atom. The monoisotopic (exact) mass is 198 g/mol. The molecule has 0 bridgehead atoms. The Kier molecular flexibility index (Phi) is 3.59. The molecule has 14 heavy (non-hydrogen) atoms. The van der Waals surface area contributed by atoms with E-state index in [0.717, 1.165) is 18.4 Å². The van der Waals surface area contributed by atoms with E-state index in [9.17, 15) is 0 Å². The predicted molar refractivity (Wildman–Crippen MR) is 62.2 cm³/mol.